The van der Waals surface area contributed by atoms with Crippen LogP contribution in [0.4, 0.5) is 4.39 Å². The van der Waals surface area contributed by atoms with Gasteiger partial charge in [-0.2, -0.15) is 4.98 Å². The number of halogens is 1. The van der Waals surface area contributed by atoms with Crippen LogP contribution in [-0.4, -0.2) is 56.5 Å². The molecule has 1 aliphatic rings. The number of aromatic nitrogens is 3. The lowest BCUT2D eigenvalue weighted by Crippen LogP contribution is -2.42. The van der Waals surface area contributed by atoms with Crippen LogP contribution in [0.2, 0.25) is 0 Å². The van der Waals surface area contributed by atoms with Gasteiger partial charge in [0.15, 0.2) is 18.2 Å². The zero-order valence-corrected chi connectivity index (χ0v) is 21.7. The maximum atomic E-state index is 14.2. The quantitative estimate of drug-likeness (QED) is 0.354. The summed E-state index contributed by atoms with van der Waals surface area (Å²) in [5.41, 5.74) is 3.63. The lowest BCUT2D eigenvalue weighted by molar-refractivity contribution is -0.146. The van der Waals surface area contributed by atoms with Gasteiger partial charge in [0, 0.05) is 18.7 Å². The molecule has 39 heavy (non-hydrogen) atoms. The van der Waals surface area contributed by atoms with Crippen LogP contribution in [-0.2, 0) is 9.59 Å². The highest BCUT2D eigenvalue weighted by atomic mass is 19.1. The van der Waals surface area contributed by atoms with Gasteiger partial charge in [0.05, 0.1) is 12.1 Å². The molecule has 0 spiro atoms. The molecule has 11 heteroatoms. The van der Waals surface area contributed by atoms with Gasteiger partial charge < -0.3 is 23.9 Å². The van der Waals surface area contributed by atoms with E-state index in [1.165, 1.54) is 18.3 Å². The average molecular weight is 535 g/mol. The van der Waals surface area contributed by atoms with Gasteiger partial charge in [0.1, 0.15) is 11.3 Å². The van der Waals surface area contributed by atoms with Gasteiger partial charge in [0.25, 0.3) is 11.6 Å². The van der Waals surface area contributed by atoms with Gasteiger partial charge >= 0.3 is 12.0 Å². The van der Waals surface area contributed by atoms with Crippen molar-refractivity contribution < 1.29 is 33.0 Å². The molecule has 1 aliphatic heterocycles. The Morgan fingerprint density at radius 1 is 1.10 bits per heavy atom. The molecule has 0 unspecified atom stereocenters. The molecule has 0 bridgehead atoms. The largest absolute Gasteiger partial charge is 0.483 e. The minimum absolute atomic E-state index is 0.00440. The van der Waals surface area contributed by atoms with Crippen LogP contribution in [0.1, 0.15) is 29.5 Å². The maximum absolute atomic E-state index is 14.2. The van der Waals surface area contributed by atoms with Gasteiger partial charge in [-0.15, -0.1) is 0 Å². The summed E-state index contributed by atoms with van der Waals surface area (Å²) in [6, 6.07) is 8.19. The van der Waals surface area contributed by atoms with Crippen molar-refractivity contribution in [3.8, 4) is 29.0 Å². The monoisotopic (exact) mass is 534 g/mol. The molecule has 1 saturated heterocycles. The predicted octanol–water partition coefficient (Wildman–Crippen LogP) is 4.84. The normalized spacial score (nSPS) is 14.0. The molecule has 0 atom stereocenters. The molecule has 2 aromatic heterocycles. The SMILES string of the molecule is Cc1ccc(Oc2ncc3nc(-c4cc(C)c(OCC(=O)N5CCC(C(=O)O)CC5)c(C)c4)oc3n2)c(F)c1. The third-order valence-electron chi connectivity index (χ3n) is 6.66. The summed E-state index contributed by atoms with van der Waals surface area (Å²) >= 11 is 0. The zero-order chi connectivity index (χ0) is 27.7. The Morgan fingerprint density at radius 2 is 1.82 bits per heavy atom. The number of carbonyl (C=O) groups is 2. The van der Waals surface area contributed by atoms with E-state index < -0.39 is 17.7 Å². The number of carboxylic acids is 1. The number of nitrogens with zero attached hydrogens (tertiary/aromatic N) is 4. The maximum Gasteiger partial charge on any atom is 0.325 e. The molecule has 0 radical (unpaired) electrons. The Kier molecular flexibility index (Phi) is 7.14. The second-order valence-electron chi connectivity index (χ2n) is 9.62. The lowest BCUT2D eigenvalue weighted by atomic mass is 9.97. The number of aryl methyl sites for hydroxylation is 3. The van der Waals surface area contributed by atoms with Crippen LogP contribution in [0.25, 0.3) is 22.7 Å². The number of carbonyl (C=O) groups excluding carboxylic acids is 1. The molecule has 1 N–H and O–H groups in total. The molecule has 10 nitrogen and oxygen atoms in total. The highest BCUT2D eigenvalue weighted by Crippen LogP contribution is 2.32. The van der Waals surface area contributed by atoms with Crippen molar-refractivity contribution in [1.82, 2.24) is 19.9 Å². The van der Waals surface area contributed by atoms with Gasteiger partial charge in [-0.05, 0) is 74.6 Å². The second kappa shape index (κ2) is 10.7. The summed E-state index contributed by atoms with van der Waals surface area (Å²) in [6.07, 6.45) is 2.33. The first-order chi connectivity index (χ1) is 18.7. The molecule has 202 valence electrons. The number of aliphatic carboxylic acids is 1. The van der Waals surface area contributed by atoms with Crippen molar-refractivity contribution in [2.45, 2.75) is 33.6 Å². The van der Waals surface area contributed by atoms with Crippen molar-refractivity contribution in [2.75, 3.05) is 19.7 Å². The lowest BCUT2D eigenvalue weighted by Gasteiger charge is -2.30. The van der Waals surface area contributed by atoms with Crippen LogP contribution in [0.3, 0.4) is 0 Å². The average Bonchev–Trinajstić information content (AvgIpc) is 3.33. The third-order valence-corrected chi connectivity index (χ3v) is 6.66. The van der Waals surface area contributed by atoms with E-state index in [0.29, 0.717) is 48.7 Å². The van der Waals surface area contributed by atoms with Gasteiger partial charge in [-0.25, -0.2) is 14.4 Å². The number of hydrogen-bond acceptors (Lipinski definition) is 8. The van der Waals surface area contributed by atoms with E-state index in [-0.39, 0.29) is 30.0 Å². The summed E-state index contributed by atoms with van der Waals surface area (Å²) in [5, 5.41) is 9.14. The van der Waals surface area contributed by atoms with Gasteiger partial charge in [-0.1, -0.05) is 6.07 Å². The summed E-state index contributed by atoms with van der Waals surface area (Å²) in [6.45, 7) is 6.18. The van der Waals surface area contributed by atoms with E-state index in [1.807, 2.05) is 26.0 Å². The standard InChI is InChI=1S/C28H27FN4O6/c1-15-4-5-22(20(29)10-15)38-28-30-13-21-26(32-28)39-25(31-21)19-11-16(2)24(17(3)12-19)37-14-23(34)33-8-6-18(7-9-33)27(35)36/h4-5,10-13,18H,6-9,14H2,1-3H3,(H,35,36). The molecular formula is C28H27FN4O6. The molecule has 0 saturated carbocycles. The van der Waals surface area contributed by atoms with E-state index in [9.17, 15) is 14.0 Å². The van der Waals surface area contributed by atoms with E-state index >= 15 is 0 Å². The Morgan fingerprint density at radius 3 is 2.49 bits per heavy atom. The first-order valence-corrected chi connectivity index (χ1v) is 12.5. The minimum Gasteiger partial charge on any atom is -0.483 e. The number of piperidine rings is 1. The smallest absolute Gasteiger partial charge is 0.325 e. The van der Waals surface area contributed by atoms with Gasteiger partial charge in [-0.3, -0.25) is 9.59 Å². The van der Waals surface area contributed by atoms with Crippen molar-refractivity contribution >= 4 is 23.1 Å². The molecule has 4 aromatic rings. The van der Waals surface area contributed by atoms with Crippen molar-refractivity contribution in [1.29, 1.82) is 0 Å². The van der Waals surface area contributed by atoms with E-state index in [2.05, 4.69) is 15.0 Å². The Balaban J connectivity index is 1.28. The fourth-order valence-electron chi connectivity index (χ4n) is 4.58. The number of ether oxygens (including phenoxy) is 2. The number of fused-ring (bicyclic) bond motifs is 1. The zero-order valence-electron chi connectivity index (χ0n) is 21.7. The topological polar surface area (TPSA) is 128 Å². The molecule has 2 aromatic carbocycles. The first-order valence-electron chi connectivity index (χ1n) is 12.5. The number of hydrogen-bond donors (Lipinski definition) is 1. The Bertz CT molecular complexity index is 1540. The van der Waals surface area contributed by atoms with Crippen LogP contribution < -0.4 is 9.47 Å². The highest BCUT2D eigenvalue weighted by molar-refractivity contribution is 5.79. The summed E-state index contributed by atoms with van der Waals surface area (Å²) < 4.78 is 31.4. The minimum atomic E-state index is -0.818. The highest BCUT2D eigenvalue weighted by Gasteiger charge is 2.27. The number of oxazole rings is 1. The fourth-order valence-corrected chi connectivity index (χ4v) is 4.58. The van der Waals surface area contributed by atoms with Crippen LogP contribution >= 0.6 is 0 Å². The summed E-state index contributed by atoms with van der Waals surface area (Å²) in [4.78, 5) is 38.2. The van der Waals surface area contributed by atoms with Crippen LogP contribution in [0.5, 0.6) is 17.5 Å². The third kappa shape index (κ3) is 5.66. The fraction of sp³-hybridized carbons (Fsp3) is 0.321. The Hall–Kier alpha value is -4.54. The van der Waals surface area contributed by atoms with E-state index in [4.69, 9.17) is 19.0 Å². The Labute approximate surface area is 223 Å². The van der Waals surface area contributed by atoms with E-state index in [1.54, 1.807) is 17.9 Å². The second-order valence-corrected chi connectivity index (χ2v) is 9.62. The van der Waals surface area contributed by atoms with Crippen LogP contribution in [0.15, 0.2) is 40.9 Å². The molecule has 0 aliphatic carbocycles. The number of carboxylic acid groups (broad SMARTS) is 1. The number of benzene rings is 2. The van der Waals surface area contributed by atoms with Crippen molar-refractivity contribution in [3.05, 3.63) is 59.0 Å². The summed E-state index contributed by atoms with van der Waals surface area (Å²) in [5.74, 6) is -1.02. The molecule has 5 rings (SSSR count). The molecular weight excluding hydrogens is 507 g/mol. The number of amides is 1. The summed E-state index contributed by atoms with van der Waals surface area (Å²) in [7, 11) is 0. The number of rotatable bonds is 7. The van der Waals surface area contributed by atoms with E-state index in [0.717, 1.165) is 16.7 Å². The first kappa shape index (κ1) is 26.1. The van der Waals surface area contributed by atoms with Crippen LogP contribution in [0, 0.1) is 32.5 Å². The van der Waals surface area contributed by atoms with Gasteiger partial charge in [0.2, 0.25) is 5.89 Å². The molecule has 1 amide bonds. The number of likely N-dealkylation sites (tertiary alicyclic amines) is 1. The molecule has 3 heterocycles. The molecule has 1 fully saturated rings. The van der Waals surface area contributed by atoms with Crippen molar-refractivity contribution in [2.24, 2.45) is 5.92 Å². The van der Waals surface area contributed by atoms with Crippen molar-refractivity contribution in [3.63, 3.8) is 0 Å². The predicted molar refractivity (Wildman–Crippen MR) is 138 cm³/mol.